The van der Waals surface area contributed by atoms with Crippen LogP contribution in [0.15, 0.2) is 66.3 Å². The number of pyridine rings is 1. The summed E-state index contributed by atoms with van der Waals surface area (Å²) in [6, 6.07) is 15.6. The molecule has 5 N–H and O–H groups in total. The fourth-order valence-corrected chi connectivity index (χ4v) is 12.9. The molecule has 4 aromatic rings. The number of hydrogen-bond acceptors (Lipinski definition) is 14. The number of thiazole rings is 1. The predicted molar refractivity (Wildman–Crippen MR) is 289 cm³/mol. The molecule has 402 valence electrons. The molecule has 1 aliphatic carbocycles. The van der Waals surface area contributed by atoms with Gasteiger partial charge >= 0.3 is 0 Å². The molecule has 19 heteroatoms. The number of aromatic nitrogens is 2. The van der Waals surface area contributed by atoms with Crippen molar-refractivity contribution in [2.24, 2.45) is 22.2 Å². The highest BCUT2D eigenvalue weighted by molar-refractivity contribution is 7.13. The van der Waals surface area contributed by atoms with Gasteiger partial charge in [-0.05, 0) is 66.5 Å². The summed E-state index contributed by atoms with van der Waals surface area (Å²) in [5.74, 6) is 0.573. The maximum Gasteiger partial charge on any atom is 0.253 e. The number of nitrogens with zero attached hydrogens (tertiary/aromatic N) is 7. The Morgan fingerprint density at radius 2 is 1.61 bits per heavy atom. The van der Waals surface area contributed by atoms with E-state index in [0.717, 1.165) is 67.5 Å². The number of hydrogen-bond donors (Lipinski definition) is 5. The monoisotopic (exact) mass is 1060 g/mol. The van der Waals surface area contributed by atoms with Crippen molar-refractivity contribution < 1.29 is 34.1 Å². The fraction of sp³-hybridized carbons (Fsp3) is 0.554. The summed E-state index contributed by atoms with van der Waals surface area (Å²) >= 11 is 7.81. The molecule has 75 heavy (non-hydrogen) atoms. The van der Waals surface area contributed by atoms with Crippen molar-refractivity contribution in [1.29, 1.82) is 5.26 Å². The minimum absolute atomic E-state index is 0.0408. The van der Waals surface area contributed by atoms with Gasteiger partial charge in [-0.3, -0.25) is 24.1 Å². The van der Waals surface area contributed by atoms with E-state index in [1.165, 1.54) is 16.2 Å². The summed E-state index contributed by atoms with van der Waals surface area (Å²) < 4.78 is 6.39. The van der Waals surface area contributed by atoms with E-state index in [-0.39, 0.29) is 60.9 Å². The number of rotatable bonds is 16. The van der Waals surface area contributed by atoms with Crippen molar-refractivity contribution in [1.82, 2.24) is 40.6 Å². The number of piperazine rings is 1. The third kappa shape index (κ3) is 12.5. The van der Waals surface area contributed by atoms with Crippen molar-refractivity contribution in [3.63, 3.8) is 0 Å². The Hall–Kier alpha value is -5.68. The molecule has 3 saturated heterocycles. The van der Waals surface area contributed by atoms with E-state index in [2.05, 4.69) is 69.4 Å². The lowest BCUT2D eigenvalue weighted by molar-refractivity contribution is -0.164. The Morgan fingerprint density at radius 3 is 2.20 bits per heavy atom. The second-order valence-electron chi connectivity index (χ2n) is 23.1. The SMILES string of the molecule is Cc1ncsc1-c1ccc([C@H](CO)NC(=O)[C@@H]2C[C@@H](O)CN2C(=O)[C@@H](NC(=O)CN2CCN(CC3CCN(c4ccc(C(=O)N[C@H]5C(C)(C)[C@H](Oc6ccc(C#N)c(Cl)c6)C5(C)C)cn4)CC3)CC2)C(C)(C)C)cc1. The molecule has 3 aliphatic heterocycles. The zero-order valence-corrected chi connectivity index (χ0v) is 46.0. The number of likely N-dealkylation sites (tertiary alicyclic amines) is 1. The Labute approximate surface area is 450 Å². The number of benzene rings is 2. The summed E-state index contributed by atoms with van der Waals surface area (Å²) in [6.07, 6.45) is 2.59. The Kier molecular flexibility index (Phi) is 16.9. The first kappa shape index (κ1) is 55.5. The molecule has 0 spiro atoms. The minimum atomic E-state index is -0.980. The van der Waals surface area contributed by atoms with Crippen LogP contribution < -0.4 is 25.6 Å². The molecule has 4 fully saturated rings. The molecular formula is C56H73ClN10O7S. The van der Waals surface area contributed by atoms with Crippen molar-refractivity contribution in [3.05, 3.63) is 93.7 Å². The Bertz CT molecular complexity index is 2710. The topological polar surface area (TPSA) is 217 Å². The van der Waals surface area contributed by atoms with E-state index in [4.69, 9.17) is 21.3 Å². The molecule has 0 bridgehead atoms. The van der Waals surface area contributed by atoms with Crippen LogP contribution in [0.2, 0.25) is 5.02 Å². The fourth-order valence-electron chi connectivity index (χ4n) is 11.8. The van der Waals surface area contributed by atoms with E-state index < -0.39 is 41.5 Å². The van der Waals surface area contributed by atoms with E-state index in [1.54, 1.807) is 29.9 Å². The first-order valence-electron chi connectivity index (χ1n) is 26.1. The molecule has 4 aliphatic rings. The van der Waals surface area contributed by atoms with Crippen LogP contribution in [0, 0.1) is 40.4 Å². The summed E-state index contributed by atoms with van der Waals surface area (Å²) in [4.78, 5) is 73.7. The maximum atomic E-state index is 14.3. The highest BCUT2D eigenvalue weighted by Gasteiger charge is 2.64. The lowest BCUT2D eigenvalue weighted by Crippen LogP contribution is -2.74. The van der Waals surface area contributed by atoms with Crippen LogP contribution in [0.5, 0.6) is 5.75 Å². The number of β-amino-alcohol motifs (C(OH)–C–C–N with tert-alkyl or cyclic N) is 1. The number of aliphatic hydroxyl groups is 2. The Balaban J connectivity index is 0.763. The van der Waals surface area contributed by atoms with E-state index in [1.807, 2.05) is 64.1 Å². The van der Waals surface area contributed by atoms with Crippen LogP contribution >= 0.6 is 22.9 Å². The van der Waals surface area contributed by atoms with Gasteiger partial charge in [0.05, 0.1) is 57.5 Å². The standard InChI is InChI=1S/C56H73ClN10O7S/c1-34-47(75-33-60-34)37-11-9-36(10-12-37)43(32-68)61-50(72)44-25-40(69)30-67(44)51(73)48(54(2,3)4)62-46(70)31-65-23-21-64(22-24-65)29-35-17-19-66(20-18-35)45-16-14-39(28-59-45)49(71)63-52-55(5,6)53(56(52,7)8)74-41-15-13-38(27-58)42(57)26-41/h9-16,26,28,33,35,40,43-44,48,52-53,68-69H,17-25,29-32H2,1-8H3,(H,61,72)(H,62,70)(H,63,71)/t40-,43+,44+,48-,52-,53-/m1/s1. The van der Waals surface area contributed by atoms with Crippen LogP contribution in [0.3, 0.4) is 0 Å². The van der Waals surface area contributed by atoms with Crippen molar-refractivity contribution in [2.45, 2.75) is 111 Å². The average Bonchev–Trinajstić information content (AvgIpc) is 4.03. The number of halogens is 1. The number of nitrogens with one attached hydrogen (secondary N) is 3. The average molecular weight is 1070 g/mol. The summed E-state index contributed by atoms with van der Waals surface area (Å²) in [5.41, 5.74) is 3.82. The number of carbonyl (C=O) groups excluding carboxylic acids is 4. The third-order valence-corrected chi connectivity index (χ3v) is 17.1. The number of piperidine rings is 1. The molecule has 0 radical (unpaired) electrons. The molecule has 2 aromatic heterocycles. The van der Waals surface area contributed by atoms with Gasteiger partial charge in [0.2, 0.25) is 17.7 Å². The number of aryl methyl sites for hydroxylation is 1. The third-order valence-electron chi connectivity index (χ3n) is 15.8. The van der Waals surface area contributed by atoms with E-state index in [9.17, 15) is 34.7 Å². The van der Waals surface area contributed by atoms with E-state index in [0.29, 0.717) is 46.5 Å². The van der Waals surface area contributed by atoms with Gasteiger partial charge in [-0.15, -0.1) is 11.3 Å². The molecule has 1 saturated carbocycles. The van der Waals surface area contributed by atoms with Crippen molar-refractivity contribution in [3.8, 4) is 22.3 Å². The number of aliphatic hydroxyl groups excluding tert-OH is 2. The summed E-state index contributed by atoms with van der Waals surface area (Å²) in [7, 11) is 0. The molecule has 17 nitrogen and oxygen atoms in total. The first-order valence-corrected chi connectivity index (χ1v) is 27.4. The van der Waals surface area contributed by atoms with Gasteiger partial charge in [-0.25, -0.2) is 9.97 Å². The van der Waals surface area contributed by atoms with Gasteiger partial charge in [0, 0.05) is 87.9 Å². The molecule has 2 aromatic carbocycles. The highest BCUT2D eigenvalue weighted by Crippen LogP contribution is 2.55. The van der Waals surface area contributed by atoms with Gasteiger partial charge in [-0.2, -0.15) is 5.26 Å². The molecular weight excluding hydrogens is 992 g/mol. The van der Waals surface area contributed by atoms with E-state index >= 15 is 0 Å². The van der Waals surface area contributed by atoms with Crippen LogP contribution in [0.25, 0.3) is 10.4 Å². The molecule has 5 heterocycles. The van der Waals surface area contributed by atoms with Crippen LogP contribution in [0.4, 0.5) is 5.82 Å². The largest absolute Gasteiger partial charge is 0.489 e. The second-order valence-corrected chi connectivity index (χ2v) is 24.4. The zero-order chi connectivity index (χ0) is 54.0. The molecule has 0 unspecified atom stereocenters. The highest BCUT2D eigenvalue weighted by atomic mass is 35.5. The molecule has 4 atom stereocenters. The predicted octanol–water partition coefficient (Wildman–Crippen LogP) is 5.83. The minimum Gasteiger partial charge on any atom is -0.489 e. The van der Waals surface area contributed by atoms with Gasteiger partial charge in [0.25, 0.3) is 5.91 Å². The number of ether oxygens (including phenoxy) is 1. The lowest BCUT2D eigenvalue weighted by atomic mass is 9.49. The number of nitriles is 1. The van der Waals surface area contributed by atoms with Gasteiger partial charge < -0.3 is 45.6 Å². The zero-order valence-electron chi connectivity index (χ0n) is 44.4. The molecule has 8 rings (SSSR count). The van der Waals surface area contributed by atoms with Gasteiger partial charge in [0.1, 0.15) is 35.8 Å². The number of anilines is 1. The van der Waals surface area contributed by atoms with Crippen LogP contribution in [-0.2, 0) is 14.4 Å². The van der Waals surface area contributed by atoms with Gasteiger partial charge in [-0.1, -0.05) is 84.3 Å². The smallest absolute Gasteiger partial charge is 0.253 e. The summed E-state index contributed by atoms with van der Waals surface area (Å²) in [5, 5.41) is 39.8. The normalized spacial score (nSPS) is 22.9. The van der Waals surface area contributed by atoms with Crippen LogP contribution in [0.1, 0.15) is 101 Å². The van der Waals surface area contributed by atoms with Crippen LogP contribution in [-0.4, -0.2) is 154 Å². The van der Waals surface area contributed by atoms with Crippen molar-refractivity contribution >= 4 is 52.4 Å². The second kappa shape index (κ2) is 22.9. The van der Waals surface area contributed by atoms with Gasteiger partial charge in [0.15, 0.2) is 0 Å². The van der Waals surface area contributed by atoms with Crippen molar-refractivity contribution in [2.75, 3.05) is 70.4 Å². The lowest BCUT2D eigenvalue weighted by Gasteiger charge is -2.63. The summed E-state index contributed by atoms with van der Waals surface area (Å²) in [6.45, 7) is 21.4. The number of amides is 4. The molecule has 4 amide bonds. The maximum absolute atomic E-state index is 14.3. The quantitative estimate of drug-likeness (QED) is 0.0895. The number of carbonyl (C=O) groups is 4. The first-order chi connectivity index (χ1) is 35.6. The Morgan fingerprint density at radius 1 is 0.933 bits per heavy atom.